The molecule has 0 spiro atoms. The lowest BCUT2D eigenvalue weighted by molar-refractivity contribution is 0.0219. The molecule has 0 bridgehead atoms. The highest BCUT2D eigenvalue weighted by Crippen LogP contribution is 2.29. The summed E-state index contributed by atoms with van der Waals surface area (Å²) in [5.74, 6) is 0.519. The van der Waals surface area contributed by atoms with Gasteiger partial charge in [-0.2, -0.15) is 0 Å². The number of benzene rings is 2. The predicted molar refractivity (Wildman–Crippen MR) is 131 cm³/mol. The maximum absolute atomic E-state index is 12.8. The zero-order valence-corrected chi connectivity index (χ0v) is 20.3. The quantitative estimate of drug-likeness (QED) is 0.651. The Hall–Kier alpha value is -2.37. The molecule has 1 saturated heterocycles. The third kappa shape index (κ3) is 6.33. The zero-order valence-electron chi connectivity index (χ0n) is 20.3. The highest BCUT2D eigenvalue weighted by molar-refractivity contribution is 5.69. The molecule has 0 unspecified atom stereocenters. The molecule has 5 heteroatoms. The summed E-state index contributed by atoms with van der Waals surface area (Å²) in [5.41, 5.74) is 9.36. The number of carbonyl (C=O) groups is 1. The van der Waals surface area contributed by atoms with Crippen LogP contribution in [-0.2, 0) is 11.3 Å². The van der Waals surface area contributed by atoms with Crippen LogP contribution in [0.4, 0.5) is 4.79 Å². The minimum Gasteiger partial charge on any atom is -0.444 e. The van der Waals surface area contributed by atoms with Gasteiger partial charge >= 0.3 is 6.09 Å². The fourth-order valence-corrected chi connectivity index (χ4v) is 4.51. The standard InChI is InChI=1S/C27H39N3O2/c1-20(2)17-29(18-22-13-9-10-14-25(22)21-11-7-6-8-12-21)24-15-23(16-28)30(19-24)26(31)32-27(3,4)5/h6-14,20,23-24H,15-19,28H2,1-5H3/t23-,24+/m0/s1. The Bertz CT molecular complexity index is 876. The van der Waals surface area contributed by atoms with Crippen LogP contribution in [0.3, 0.4) is 0 Å². The molecule has 1 amide bonds. The van der Waals surface area contributed by atoms with Gasteiger partial charge in [0.05, 0.1) is 0 Å². The van der Waals surface area contributed by atoms with E-state index in [1.807, 2.05) is 31.7 Å². The fraction of sp³-hybridized carbons (Fsp3) is 0.519. The molecule has 0 saturated carbocycles. The summed E-state index contributed by atoms with van der Waals surface area (Å²) in [6.45, 7) is 13.1. The highest BCUT2D eigenvalue weighted by Gasteiger charge is 2.39. The van der Waals surface area contributed by atoms with Gasteiger partial charge in [0.15, 0.2) is 0 Å². The van der Waals surface area contributed by atoms with Gasteiger partial charge in [-0.1, -0.05) is 68.4 Å². The van der Waals surface area contributed by atoms with Crippen molar-refractivity contribution >= 4 is 6.09 Å². The average molecular weight is 438 g/mol. The van der Waals surface area contributed by atoms with E-state index >= 15 is 0 Å². The van der Waals surface area contributed by atoms with Crippen LogP contribution in [0.1, 0.15) is 46.6 Å². The number of nitrogens with two attached hydrogens (primary N) is 1. The minimum atomic E-state index is -0.513. The number of nitrogens with zero attached hydrogens (tertiary/aromatic N) is 2. The van der Waals surface area contributed by atoms with Crippen LogP contribution in [-0.4, -0.2) is 53.2 Å². The van der Waals surface area contributed by atoms with E-state index in [0.29, 0.717) is 19.0 Å². The van der Waals surface area contributed by atoms with Gasteiger partial charge < -0.3 is 15.4 Å². The molecule has 1 fully saturated rings. The number of carbonyl (C=O) groups excluding carboxylic acids is 1. The Balaban J connectivity index is 1.83. The summed E-state index contributed by atoms with van der Waals surface area (Å²) in [5, 5.41) is 0. The van der Waals surface area contributed by atoms with E-state index in [2.05, 4.69) is 67.3 Å². The first-order chi connectivity index (χ1) is 15.2. The van der Waals surface area contributed by atoms with Crippen molar-refractivity contribution in [3.05, 3.63) is 60.2 Å². The number of hydrogen-bond donors (Lipinski definition) is 1. The van der Waals surface area contributed by atoms with Crippen molar-refractivity contribution in [2.45, 2.75) is 65.3 Å². The van der Waals surface area contributed by atoms with Crippen molar-refractivity contribution in [1.29, 1.82) is 0 Å². The van der Waals surface area contributed by atoms with Crippen LogP contribution in [0.5, 0.6) is 0 Å². The van der Waals surface area contributed by atoms with Crippen LogP contribution in [0.25, 0.3) is 11.1 Å². The van der Waals surface area contributed by atoms with Crippen LogP contribution < -0.4 is 5.73 Å². The van der Waals surface area contributed by atoms with Gasteiger partial charge in [-0.15, -0.1) is 0 Å². The zero-order chi connectivity index (χ0) is 23.3. The Kier molecular flexibility index (Phi) is 7.96. The van der Waals surface area contributed by atoms with E-state index in [1.54, 1.807) is 0 Å². The second-order valence-corrected chi connectivity index (χ2v) is 10.3. The van der Waals surface area contributed by atoms with Crippen molar-refractivity contribution in [2.75, 3.05) is 19.6 Å². The first kappa shape index (κ1) is 24.3. The lowest BCUT2D eigenvalue weighted by Crippen LogP contribution is -2.44. The van der Waals surface area contributed by atoms with E-state index in [1.165, 1.54) is 16.7 Å². The molecule has 0 radical (unpaired) electrons. The Morgan fingerprint density at radius 2 is 1.78 bits per heavy atom. The first-order valence-electron chi connectivity index (χ1n) is 11.7. The largest absolute Gasteiger partial charge is 0.444 e. The molecule has 0 aromatic heterocycles. The van der Waals surface area contributed by atoms with Crippen molar-refractivity contribution in [3.8, 4) is 11.1 Å². The monoisotopic (exact) mass is 437 g/mol. The average Bonchev–Trinajstić information content (AvgIpc) is 3.17. The number of likely N-dealkylation sites (tertiary alicyclic amines) is 1. The van der Waals surface area contributed by atoms with Gasteiger partial charge in [0, 0.05) is 38.3 Å². The van der Waals surface area contributed by atoms with Crippen LogP contribution >= 0.6 is 0 Å². The predicted octanol–water partition coefficient (Wildman–Crippen LogP) is 5.15. The second-order valence-electron chi connectivity index (χ2n) is 10.3. The summed E-state index contributed by atoms with van der Waals surface area (Å²) in [6, 6.07) is 19.4. The van der Waals surface area contributed by atoms with Gasteiger partial charge in [0.25, 0.3) is 0 Å². The molecule has 2 aromatic rings. The molecule has 32 heavy (non-hydrogen) atoms. The summed E-state index contributed by atoms with van der Waals surface area (Å²) < 4.78 is 5.67. The molecule has 2 atom stereocenters. The third-order valence-electron chi connectivity index (χ3n) is 5.88. The van der Waals surface area contributed by atoms with E-state index in [-0.39, 0.29) is 18.2 Å². The van der Waals surface area contributed by atoms with Gasteiger partial charge in [-0.25, -0.2) is 4.79 Å². The van der Waals surface area contributed by atoms with Gasteiger partial charge in [0.1, 0.15) is 5.60 Å². The molecule has 2 aromatic carbocycles. The van der Waals surface area contributed by atoms with Gasteiger partial charge in [-0.3, -0.25) is 4.90 Å². The van der Waals surface area contributed by atoms with E-state index in [0.717, 1.165) is 19.5 Å². The molecule has 1 aliphatic rings. The second kappa shape index (κ2) is 10.5. The SMILES string of the molecule is CC(C)CN(Cc1ccccc1-c1ccccc1)[C@@H]1C[C@@H](CN)N(C(=O)OC(C)(C)C)C1. The van der Waals surface area contributed by atoms with E-state index in [9.17, 15) is 4.79 Å². The van der Waals surface area contributed by atoms with Crippen LogP contribution in [0, 0.1) is 5.92 Å². The number of ether oxygens (including phenoxy) is 1. The van der Waals surface area contributed by atoms with Crippen molar-refractivity contribution in [1.82, 2.24) is 9.80 Å². The van der Waals surface area contributed by atoms with E-state index < -0.39 is 5.60 Å². The molecule has 1 heterocycles. The minimum absolute atomic E-state index is 0.00822. The lowest BCUT2D eigenvalue weighted by atomic mass is 9.98. The first-order valence-corrected chi connectivity index (χ1v) is 11.7. The third-order valence-corrected chi connectivity index (χ3v) is 5.88. The van der Waals surface area contributed by atoms with Crippen molar-refractivity contribution < 1.29 is 9.53 Å². The molecule has 2 N–H and O–H groups in total. The van der Waals surface area contributed by atoms with E-state index in [4.69, 9.17) is 10.5 Å². The Morgan fingerprint density at radius 1 is 1.12 bits per heavy atom. The number of hydrogen-bond acceptors (Lipinski definition) is 4. The summed E-state index contributed by atoms with van der Waals surface area (Å²) >= 11 is 0. The molecular formula is C27H39N3O2. The maximum atomic E-state index is 12.8. The molecule has 0 aliphatic carbocycles. The molecule has 3 rings (SSSR count). The molecule has 5 nitrogen and oxygen atoms in total. The van der Waals surface area contributed by atoms with Crippen LogP contribution in [0.15, 0.2) is 54.6 Å². The topological polar surface area (TPSA) is 58.8 Å². The molecular weight excluding hydrogens is 398 g/mol. The molecule has 1 aliphatic heterocycles. The Morgan fingerprint density at radius 3 is 2.41 bits per heavy atom. The summed E-state index contributed by atoms with van der Waals surface area (Å²) in [4.78, 5) is 17.2. The normalized spacial score (nSPS) is 19.1. The number of amides is 1. The smallest absolute Gasteiger partial charge is 0.410 e. The molecule has 174 valence electrons. The highest BCUT2D eigenvalue weighted by atomic mass is 16.6. The Labute approximate surface area is 193 Å². The lowest BCUT2D eigenvalue weighted by Gasteiger charge is -2.31. The van der Waals surface area contributed by atoms with Gasteiger partial charge in [-0.05, 0) is 49.8 Å². The van der Waals surface area contributed by atoms with Crippen LogP contribution in [0.2, 0.25) is 0 Å². The summed E-state index contributed by atoms with van der Waals surface area (Å²) in [7, 11) is 0. The van der Waals surface area contributed by atoms with Crippen molar-refractivity contribution in [3.63, 3.8) is 0 Å². The van der Waals surface area contributed by atoms with Crippen molar-refractivity contribution in [2.24, 2.45) is 11.7 Å². The van der Waals surface area contributed by atoms with Gasteiger partial charge in [0.2, 0.25) is 0 Å². The summed E-state index contributed by atoms with van der Waals surface area (Å²) in [6.07, 6.45) is 0.611. The maximum Gasteiger partial charge on any atom is 0.410 e. The fourth-order valence-electron chi connectivity index (χ4n) is 4.51. The number of rotatable bonds is 7.